The largest absolute Gasteiger partial charge is 0.453 e. The van der Waals surface area contributed by atoms with Gasteiger partial charge in [0.15, 0.2) is 0 Å². The molecular weight excluding hydrogens is 301 g/mol. The van der Waals surface area contributed by atoms with E-state index in [0.29, 0.717) is 6.42 Å². The summed E-state index contributed by atoms with van der Waals surface area (Å²) in [5.41, 5.74) is -0.515. The van der Waals surface area contributed by atoms with Crippen LogP contribution in [-0.4, -0.2) is 25.2 Å². The molecule has 1 atom stereocenters. The number of methoxy groups -OCH3 is 1. The van der Waals surface area contributed by atoms with Crippen molar-refractivity contribution in [3.8, 4) is 0 Å². The summed E-state index contributed by atoms with van der Waals surface area (Å²) in [6.45, 7) is 1.77. The van der Waals surface area contributed by atoms with Crippen LogP contribution < -0.4 is 10.6 Å². The first-order chi connectivity index (χ1) is 10.3. The third-order valence-electron chi connectivity index (χ3n) is 2.91. The van der Waals surface area contributed by atoms with Crippen molar-refractivity contribution in [3.63, 3.8) is 0 Å². The molecule has 22 heavy (non-hydrogen) atoms. The van der Waals surface area contributed by atoms with E-state index in [1.165, 1.54) is 12.1 Å². The lowest BCUT2D eigenvalue weighted by molar-refractivity contribution is -0.137. The van der Waals surface area contributed by atoms with Gasteiger partial charge in [-0.05, 0) is 24.6 Å². The first-order valence-electron chi connectivity index (χ1n) is 6.57. The lowest BCUT2D eigenvalue weighted by atomic mass is 10.1. The number of rotatable bonds is 5. The van der Waals surface area contributed by atoms with E-state index in [9.17, 15) is 22.8 Å². The van der Waals surface area contributed by atoms with Gasteiger partial charge in [0.2, 0.25) is 5.91 Å². The molecule has 8 heteroatoms. The van der Waals surface area contributed by atoms with Gasteiger partial charge in [0.05, 0.1) is 12.7 Å². The number of alkyl halides is 3. The maximum atomic E-state index is 12.6. The van der Waals surface area contributed by atoms with Gasteiger partial charge in [-0.3, -0.25) is 10.1 Å². The van der Waals surface area contributed by atoms with E-state index in [4.69, 9.17) is 0 Å². The summed E-state index contributed by atoms with van der Waals surface area (Å²) in [5.74, 6) is -0.571. The zero-order chi connectivity index (χ0) is 16.8. The van der Waals surface area contributed by atoms with Crippen molar-refractivity contribution in [1.29, 1.82) is 0 Å². The topological polar surface area (TPSA) is 67.4 Å². The Morgan fingerprint density at radius 1 is 1.32 bits per heavy atom. The molecule has 2 amide bonds. The minimum Gasteiger partial charge on any atom is -0.453 e. The van der Waals surface area contributed by atoms with Gasteiger partial charge in [-0.2, -0.15) is 13.2 Å². The molecule has 0 spiro atoms. The Bertz CT molecular complexity index is 532. The second-order valence-corrected chi connectivity index (χ2v) is 4.57. The average Bonchev–Trinajstić information content (AvgIpc) is 2.45. The summed E-state index contributed by atoms with van der Waals surface area (Å²) in [6.07, 6.45) is -4.88. The fourth-order valence-corrected chi connectivity index (χ4v) is 1.76. The summed E-state index contributed by atoms with van der Waals surface area (Å²) < 4.78 is 42.2. The predicted octanol–water partition coefficient (Wildman–Crippen LogP) is 3.17. The molecule has 0 saturated heterocycles. The first kappa shape index (κ1) is 17.8. The highest BCUT2D eigenvalue weighted by molar-refractivity contribution is 5.92. The molecule has 0 aromatic heterocycles. The predicted molar refractivity (Wildman–Crippen MR) is 74.3 cm³/mol. The van der Waals surface area contributed by atoms with Crippen molar-refractivity contribution in [2.75, 3.05) is 12.4 Å². The molecule has 1 aromatic carbocycles. The molecule has 1 rings (SSSR count). The van der Waals surface area contributed by atoms with Crippen molar-refractivity contribution >= 4 is 17.7 Å². The van der Waals surface area contributed by atoms with Gasteiger partial charge in [-0.1, -0.05) is 13.0 Å². The molecular formula is C14H17F3N2O3. The molecule has 0 fully saturated rings. The SMILES string of the molecule is CC[C@@H](CC(=O)NC(=O)OC)Nc1cccc(C(F)(F)F)c1. The maximum Gasteiger partial charge on any atom is 0.416 e. The van der Waals surface area contributed by atoms with Crippen LogP contribution in [0.25, 0.3) is 0 Å². The van der Waals surface area contributed by atoms with Crippen LogP contribution in [0.1, 0.15) is 25.3 Å². The number of alkyl carbamates (subject to hydrolysis) is 1. The van der Waals surface area contributed by atoms with Gasteiger partial charge < -0.3 is 10.1 Å². The average molecular weight is 318 g/mol. The molecule has 1 aromatic rings. The number of ether oxygens (including phenoxy) is 1. The van der Waals surface area contributed by atoms with Crippen LogP contribution in [-0.2, 0) is 15.7 Å². The molecule has 0 bridgehead atoms. The van der Waals surface area contributed by atoms with Crippen molar-refractivity contribution in [1.82, 2.24) is 5.32 Å². The molecule has 122 valence electrons. The fourth-order valence-electron chi connectivity index (χ4n) is 1.76. The number of amides is 2. The number of carbonyl (C=O) groups is 2. The highest BCUT2D eigenvalue weighted by Crippen LogP contribution is 2.30. The second kappa shape index (κ2) is 7.67. The summed E-state index contributed by atoms with van der Waals surface area (Å²) >= 11 is 0. The molecule has 0 radical (unpaired) electrons. The van der Waals surface area contributed by atoms with Crippen LogP contribution in [0.3, 0.4) is 0 Å². The number of halogens is 3. The summed E-state index contributed by atoms with van der Waals surface area (Å²) in [7, 11) is 1.13. The number of anilines is 1. The molecule has 0 saturated carbocycles. The highest BCUT2D eigenvalue weighted by atomic mass is 19.4. The number of hydrogen-bond donors (Lipinski definition) is 2. The van der Waals surface area contributed by atoms with Crippen LogP contribution in [0, 0.1) is 0 Å². The monoisotopic (exact) mass is 318 g/mol. The molecule has 0 unspecified atom stereocenters. The van der Waals surface area contributed by atoms with Crippen molar-refractivity contribution in [3.05, 3.63) is 29.8 Å². The fraction of sp³-hybridized carbons (Fsp3) is 0.429. The number of hydrogen-bond acceptors (Lipinski definition) is 4. The molecule has 0 aliphatic carbocycles. The number of benzene rings is 1. The van der Waals surface area contributed by atoms with Crippen molar-refractivity contribution in [2.24, 2.45) is 0 Å². The van der Waals surface area contributed by atoms with E-state index in [0.717, 1.165) is 19.2 Å². The van der Waals surface area contributed by atoms with Gasteiger partial charge in [-0.15, -0.1) is 0 Å². The molecule has 0 aliphatic rings. The Balaban J connectivity index is 2.70. The van der Waals surface area contributed by atoms with Crippen LogP contribution in [0.5, 0.6) is 0 Å². The first-order valence-corrected chi connectivity index (χ1v) is 6.57. The number of imide groups is 1. The Hall–Kier alpha value is -2.25. The smallest absolute Gasteiger partial charge is 0.416 e. The summed E-state index contributed by atoms with van der Waals surface area (Å²) in [6, 6.07) is 4.30. The van der Waals surface area contributed by atoms with Crippen LogP contribution in [0.2, 0.25) is 0 Å². The Morgan fingerprint density at radius 3 is 2.55 bits per heavy atom. The van der Waals surface area contributed by atoms with Crippen LogP contribution in [0.4, 0.5) is 23.7 Å². The number of carbonyl (C=O) groups excluding carboxylic acids is 2. The van der Waals surface area contributed by atoms with Gasteiger partial charge in [0, 0.05) is 18.2 Å². The van der Waals surface area contributed by atoms with Gasteiger partial charge in [-0.25, -0.2) is 4.79 Å². The Kier molecular flexibility index (Phi) is 6.21. The van der Waals surface area contributed by atoms with E-state index in [1.807, 2.05) is 5.32 Å². The highest BCUT2D eigenvalue weighted by Gasteiger charge is 2.30. The van der Waals surface area contributed by atoms with Crippen molar-refractivity contribution in [2.45, 2.75) is 32.0 Å². The Morgan fingerprint density at radius 2 is 2.00 bits per heavy atom. The molecule has 2 N–H and O–H groups in total. The van der Waals surface area contributed by atoms with E-state index < -0.39 is 29.8 Å². The van der Waals surface area contributed by atoms with Crippen LogP contribution >= 0.6 is 0 Å². The van der Waals surface area contributed by atoms with E-state index in [2.05, 4.69) is 10.1 Å². The minimum atomic E-state index is -4.43. The van der Waals surface area contributed by atoms with E-state index in [1.54, 1.807) is 6.92 Å². The standard InChI is InChI=1S/C14H17F3N2O3/c1-3-10(8-12(20)19-13(21)22-2)18-11-6-4-5-9(7-11)14(15,16)17/h4-7,10,18H,3,8H2,1-2H3,(H,19,20,21)/t10-/m0/s1. The normalized spacial score (nSPS) is 12.4. The Labute approximate surface area is 125 Å². The lowest BCUT2D eigenvalue weighted by Crippen LogP contribution is -2.34. The minimum absolute atomic E-state index is 0.0676. The molecule has 0 aliphatic heterocycles. The number of nitrogens with one attached hydrogen (secondary N) is 2. The maximum absolute atomic E-state index is 12.6. The van der Waals surface area contributed by atoms with Gasteiger partial charge in [0.25, 0.3) is 0 Å². The molecule has 5 nitrogen and oxygen atoms in total. The molecule has 0 heterocycles. The summed E-state index contributed by atoms with van der Waals surface area (Å²) in [4.78, 5) is 22.5. The van der Waals surface area contributed by atoms with E-state index in [-0.39, 0.29) is 12.1 Å². The zero-order valence-corrected chi connectivity index (χ0v) is 12.2. The zero-order valence-electron chi connectivity index (χ0n) is 12.2. The quantitative estimate of drug-likeness (QED) is 0.875. The summed E-state index contributed by atoms with van der Waals surface area (Å²) in [5, 5.41) is 4.85. The van der Waals surface area contributed by atoms with Crippen molar-refractivity contribution < 1.29 is 27.5 Å². The van der Waals surface area contributed by atoms with Gasteiger partial charge in [0.1, 0.15) is 0 Å². The third kappa shape index (κ3) is 5.63. The lowest BCUT2D eigenvalue weighted by Gasteiger charge is -2.18. The third-order valence-corrected chi connectivity index (χ3v) is 2.91. The van der Waals surface area contributed by atoms with Crippen LogP contribution in [0.15, 0.2) is 24.3 Å². The second-order valence-electron chi connectivity index (χ2n) is 4.57. The van der Waals surface area contributed by atoms with Gasteiger partial charge >= 0.3 is 12.3 Å². The van der Waals surface area contributed by atoms with E-state index >= 15 is 0 Å².